The van der Waals surface area contributed by atoms with Crippen molar-refractivity contribution in [2.75, 3.05) is 0 Å². The molecule has 0 aromatic heterocycles. The monoisotopic (exact) mass is 240 g/mol. The molecule has 1 nitrogen and oxygen atoms in total. The van der Waals surface area contributed by atoms with Gasteiger partial charge in [-0.25, -0.2) is 0 Å². The van der Waals surface area contributed by atoms with Crippen LogP contribution in [0.2, 0.25) is 0 Å². The first-order chi connectivity index (χ1) is 8.54. The molecule has 1 unspecified atom stereocenters. The van der Waals surface area contributed by atoms with Crippen LogP contribution in [0.25, 0.3) is 0 Å². The molecule has 0 amide bonds. The predicted octanol–water partition coefficient (Wildman–Crippen LogP) is 3.81. The molecule has 0 fully saturated rings. The average Bonchev–Trinajstić information content (AvgIpc) is 2.39. The first kappa shape index (κ1) is 12.8. The topological polar surface area (TPSA) is 20.2 Å². The van der Waals surface area contributed by atoms with Gasteiger partial charge in [-0.15, -0.1) is 0 Å². The van der Waals surface area contributed by atoms with E-state index in [1.807, 2.05) is 43.3 Å². The Balaban J connectivity index is 2.37. The van der Waals surface area contributed by atoms with Crippen LogP contribution in [0.4, 0.5) is 0 Å². The minimum absolute atomic E-state index is 0.928. The molecule has 0 aliphatic rings. The van der Waals surface area contributed by atoms with Gasteiger partial charge in [0.25, 0.3) is 0 Å². The quantitative estimate of drug-likeness (QED) is 0.865. The highest BCUT2D eigenvalue weighted by Crippen LogP contribution is 2.29. The molecule has 1 atom stereocenters. The zero-order valence-corrected chi connectivity index (χ0v) is 11.3. The van der Waals surface area contributed by atoms with Crippen molar-refractivity contribution in [2.45, 2.75) is 32.8 Å². The van der Waals surface area contributed by atoms with E-state index in [0.717, 1.165) is 17.5 Å². The Labute approximate surface area is 109 Å². The molecule has 0 aliphatic carbocycles. The van der Waals surface area contributed by atoms with Gasteiger partial charge in [0.1, 0.15) is 5.60 Å². The van der Waals surface area contributed by atoms with Crippen LogP contribution in [0.5, 0.6) is 0 Å². The molecular weight excluding hydrogens is 220 g/mol. The summed E-state index contributed by atoms with van der Waals surface area (Å²) in [6.45, 7) is 6.03. The highest BCUT2D eigenvalue weighted by atomic mass is 16.3. The van der Waals surface area contributed by atoms with E-state index in [-0.39, 0.29) is 0 Å². The molecule has 0 spiro atoms. The van der Waals surface area contributed by atoms with Crippen LogP contribution in [-0.2, 0) is 12.0 Å². The SMILES string of the molecule is CCc1ccc(C(C)(O)c2ccc(C)cc2)cc1. The number of benzene rings is 2. The van der Waals surface area contributed by atoms with E-state index >= 15 is 0 Å². The Hall–Kier alpha value is -1.60. The fraction of sp³-hybridized carbons (Fsp3) is 0.294. The van der Waals surface area contributed by atoms with Gasteiger partial charge >= 0.3 is 0 Å². The number of hydrogen-bond acceptors (Lipinski definition) is 1. The average molecular weight is 240 g/mol. The Morgan fingerprint density at radius 1 is 0.889 bits per heavy atom. The summed E-state index contributed by atoms with van der Waals surface area (Å²) in [6, 6.07) is 16.2. The van der Waals surface area contributed by atoms with Crippen molar-refractivity contribution in [2.24, 2.45) is 0 Å². The van der Waals surface area contributed by atoms with Gasteiger partial charge in [0, 0.05) is 0 Å². The third-order valence-electron chi connectivity index (χ3n) is 3.54. The lowest BCUT2D eigenvalue weighted by atomic mass is 9.87. The van der Waals surface area contributed by atoms with Gasteiger partial charge in [0.15, 0.2) is 0 Å². The molecule has 1 N–H and O–H groups in total. The third kappa shape index (κ3) is 2.46. The zero-order chi connectivity index (χ0) is 13.2. The van der Waals surface area contributed by atoms with Gasteiger partial charge in [-0.05, 0) is 37.0 Å². The first-order valence-electron chi connectivity index (χ1n) is 6.43. The third-order valence-corrected chi connectivity index (χ3v) is 3.54. The van der Waals surface area contributed by atoms with E-state index in [9.17, 15) is 5.11 Å². The van der Waals surface area contributed by atoms with Crippen LogP contribution in [0.3, 0.4) is 0 Å². The maximum Gasteiger partial charge on any atom is 0.112 e. The molecule has 18 heavy (non-hydrogen) atoms. The summed E-state index contributed by atoms with van der Waals surface area (Å²) >= 11 is 0. The molecule has 94 valence electrons. The van der Waals surface area contributed by atoms with Gasteiger partial charge < -0.3 is 5.11 Å². The van der Waals surface area contributed by atoms with E-state index in [0.29, 0.717) is 0 Å². The fourth-order valence-electron chi connectivity index (χ4n) is 2.11. The van der Waals surface area contributed by atoms with Crippen molar-refractivity contribution in [3.05, 3.63) is 70.8 Å². The number of aryl methyl sites for hydroxylation is 2. The lowest BCUT2D eigenvalue weighted by molar-refractivity contribution is 0.102. The normalized spacial score (nSPS) is 14.2. The van der Waals surface area contributed by atoms with E-state index < -0.39 is 5.60 Å². The molecule has 0 heterocycles. The van der Waals surface area contributed by atoms with Gasteiger partial charge in [-0.3, -0.25) is 0 Å². The number of rotatable bonds is 3. The second kappa shape index (κ2) is 4.95. The second-order valence-corrected chi connectivity index (χ2v) is 4.99. The molecule has 0 saturated carbocycles. The molecule has 0 aliphatic heterocycles. The van der Waals surface area contributed by atoms with Gasteiger partial charge in [0.05, 0.1) is 0 Å². The molecule has 0 bridgehead atoms. The van der Waals surface area contributed by atoms with Crippen LogP contribution in [0, 0.1) is 6.92 Å². The summed E-state index contributed by atoms with van der Waals surface area (Å²) in [5.41, 5.74) is 3.43. The number of aliphatic hydroxyl groups is 1. The first-order valence-corrected chi connectivity index (χ1v) is 6.43. The largest absolute Gasteiger partial charge is 0.381 e. The van der Waals surface area contributed by atoms with Gasteiger partial charge in [-0.1, -0.05) is 61.0 Å². The molecule has 1 heteroatoms. The molecular formula is C17H20O. The van der Waals surface area contributed by atoms with E-state index in [4.69, 9.17) is 0 Å². The lowest BCUT2D eigenvalue weighted by Gasteiger charge is -2.25. The summed E-state index contributed by atoms with van der Waals surface area (Å²) in [4.78, 5) is 0. The Morgan fingerprint density at radius 3 is 1.78 bits per heavy atom. The van der Waals surface area contributed by atoms with Crippen molar-refractivity contribution in [1.29, 1.82) is 0 Å². The zero-order valence-electron chi connectivity index (χ0n) is 11.3. The van der Waals surface area contributed by atoms with Gasteiger partial charge in [-0.2, -0.15) is 0 Å². The summed E-state index contributed by atoms with van der Waals surface area (Å²) in [5.74, 6) is 0. The summed E-state index contributed by atoms with van der Waals surface area (Å²) in [7, 11) is 0. The van der Waals surface area contributed by atoms with Crippen molar-refractivity contribution in [3.63, 3.8) is 0 Å². The molecule has 0 radical (unpaired) electrons. The van der Waals surface area contributed by atoms with Crippen molar-refractivity contribution >= 4 is 0 Å². The van der Waals surface area contributed by atoms with Crippen LogP contribution in [0.15, 0.2) is 48.5 Å². The maximum absolute atomic E-state index is 10.7. The van der Waals surface area contributed by atoms with E-state index in [1.165, 1.54) is 11.1 Å². The van der Waals surface area contributed by atoms with Crippen LogP contribution < -0.4 is 0 Å². The fourth-order valence-corrected chi connectivity index (χ4v) is 2.11. The molecule has 2 aromatic carbocycles. The van der Waals surface area contributed by atoms with E-state index in [1.54, 1.807) is 0 Å². The summed E-state index contributed by atoms with van der Waals surface area (Å²) in [5, 5.41) is 10.7. The standard InChI is InChI=1S/C17H20O/c1-4-14-7-11-16(12-8-14)17(3,18)15-9-5-13(2)6-10-15/h5-12,18H,4H2,1-3H3. The minimum atomic E-state index is -0.931. The molecule has 2 aromatic rings. The van der Waals surface area contributed by atoms with Crippen LogP contribution in [-0.4, -0.2) is 5.11 Å². The van der Waals surface area contributed by atoms with Crippen LogP contribution in [0.1, 0.15) is 36.1 Å². The van der Waals surface area contributed by atoms with Crippen molar-refractivity contribution < 1.29 is 5.11 Å². The Kier molecular flexibility index (Phi) is 3.53. The van der Waals surface area contributed by atoms with Crippen molar-refractivity contribution in [1.82, 2.24) is 0 Å². The minimum Gasteiger partial charge on any atom is -0.381 e. The molecule has 2 rings (SSSR count). The summed E-state index contributed by atoms with van der Waals surface area (Å²) < 4.78 is 0. The smallest absolute Gasteiger partial charge is 0.112 e. The Morgan fingerprint density at radius 2 is 1.33 bits per heavy atom. The van der Waals surface area contributed by atoms with Gasteiger partial charge in [0.2, 0.25) is 0 Å². The Bertz CT molecular complexity index is 506. The second-order valence-electron chi connectivity index (χ2n) is 4.99. The lowest BCUT2D eigenvalue weighted by Crippen LogP contribution is -2.22. The maximum atomic E-state index is 10.7. The highest BCUT2D eigenvalue weighted by Gasteiger charge is 2.25. The summed E-state index contributed by atoms with van der Waals surface area (Å²) in [6.07, 6.45) is 1.02. The van der Waals surface area contributed by atoms with E-state index in [2.05, 4.69) is 26.0 Å². The predicted molar refractivity (Wildman–Crippen MR) is 75.7 cm³/mol. The number of hydrogen-bond donors (Lipinski definition) is 1. The van der Waals surface area contributed by atoms with Crippen LogP contribution >= 0.6 is 0 Å². The van der Waals surface area contributed by atoms with Crippen molar-refractivity contribution in [3.8, 4) is 0 Å². The molecule has 0 saturated heterocycles. The highest BCUT2D eigenvalue weighted by molar-refractivity contribution is 5.37.